The first-order chi connectivity index (χ1) is 62.2. The zero-order valence-corrected chi connectivity index (χ0v) is 89.6. The van der Waals surface area contributed by atoms with Crippen LogP contribution in [0.15, 0.2) is 285 Å². The van der Waals surface area contributed by atoms with Gasteiger partial charge in [-0.3, -0.25) is 14.8 Å². The fourth-order valence-electron chi connectivity index (χ4n) is 17.1. The van der Waals surface area contributed by atoms with E-state index in [1.807, 2.05) is 42.7 Å². The van der Waals surface area contributed by atoms with E-state index < -0.39 is 0 Å². The van der Waals surface area contributed by atoms with E-state index >= 15 is 0 Å². The number of pyridine rings is 4. The van der Waals surface area contributed by atoms with Gasteiger partial charge in [-0.15, -0.1) is 124 Å². The van der Waals surface area contributed by atoms with Crippen LogP contribution in [0.5, 0.6) is 11.5 Å². The molecule has 0 aliphatic carbocycles. The van der Waals surface area contributed by atoms with Crippen molar-refractivity contribution in [1.82, 2.24) is 19.9 Å². The minimum absolute atomic E-state index is 0. The number of allylic oxidation sites excluding steroid dienone is 2. The Morgan fingerprint density at radius 3 is 1.74 bits per heavy atom. The molecule has 0 fully saturated rings. The summed E-state index contributed by atoms with van der Waals surface area (Å²) in [5, 5.41) is 17.9. The van der Waals surface area contributed by atoms with Gasteiger partial charge in [0.1, 0.15) is 5.75 Å². The molecule has 0 amide bonds. The number of unbranched alkanes of at least 4 members (excludes halogenated alkanes) is 1. The van der Waals surface area contributed by atoms with Crippen LogP contribution in [0.3, 0.4) is 0 Å². The number of carbonyl (C=O) groups is 1. The molecule has 17 aromatic rings. The van der Waals surface area contributed by atoms with Crippen LogP contribution in [0.4, 0.5) is 0 Å². The molecule has 13 aromatic carbocycles. The van der Waals surface area contributed by atoms with Crippen LogP contribution in [-0.2, 0) is 111 Å². The van der Waals surface area contributed by atoms with Crippen LogP contribution < -0.4 is 9.47 Å². The summed E-state index contributed by atoms with van der Waals surface area (Å²) in [5.74, 6) is 2.61. The maximum absolute atomic E-state index is 10.0. The second kappa shape index (κ2) is 49.4. The summed E-state index contributed by atoms with van der Waals surface area (Å²) in [6.07, 6.45) is 12.7. The van der Waals surface area contributed by atoms with Crippen molar-refractivity contribution in [3.8, 4) is 101 Å². The minimum Gasteiger partial charge on any atom is -0.513 e. The number of aliphatic hydroxyl groups excluding tert-OH is 1. The number of ether oxygens (including phenoxy) is 2. The summed E-state index contributed by atoms with van der Waals surface area (Å²) in [4.78, 5) is 29.7. The molecule has 4 heterocycles. The first-order valence-electron chi connectivity index (χ1n) is 45.7. The fourth-order valence-corrected chi connectivity index (χ4v) is 17.1. The third kappa shape index (κ3) is 27.1. The molecule has 3 radical (unpaired) electrons. The van der Waals surface area contributed by atoms with Gasteiger partial charge in [-0.25, -0.2) is 0 Å². The van der Waals surface area contributed by atoms with E-state index in [1.54, 1.807) is 7.11 Å². The quantitative estimate of drug-likeness (QED) is 0.0431. The van der Waals surface area contributed by atoms with E-state index in [2.05, 4.69) is 366 Å². The smallest absolute Gasteiger partial charge is 0.155 e. The monoisotopic (exact) mass is 2470 g/mol. The third-order valence-corrected chi connectivity index (χ3v) is 23.8. The van der Waals surface area contributed by atoms with E-state index in [9.17, 15) is 4.79 Å². The van der Waals surface area contributed by atoms with Gasteiger partial charge >= 0.3 is 0 Å². The largest absolute Gasteiger partial charge is 0.513 e. The Bertz CT molecular complexity index is 6810. The van der Waals surface area contributed by atoms with Gasteiger partial charge in [0.2, 0.25) is 0 Å². The minimum atomic E-state index is -0.125. The number of benzene rings is 13. The molecule has 0 aliphatic rings. The van der Waals surface area contributed by atoms with Crippen molar-refractivity contribution in [3.63, 3.8) is 0 Å². The molecule has 8 nitrogen and oxygen atoms in total. The number of hydrogen-bond donors (Lipinski definition) is 1. The predicted octanol–water partition coefficient (Wildman–Crippen LogP) is 32.2. The van der Waals surface area contributed by atoms with Crippen LogP contribution in [-0.4, -0.2) is 44.5 Å². The van der Waals surface area contributed by atoms with Crippen molar-refractivity contribution in [1.29, 1.82) is 0 Å². The summed E-state index contributed by atoms with van der Waals surface area (Å²) >= 11 is 0. The Balaban J connectivity index is 0.000000192. The van der Waals surface area contributed by atoms with Gasteiger partial charge in [-0.05, 0) is 245 Å². The molecule has 4 aromatic heterocycles. The Morgan fingerprint density at radius 1 is 0.489 bits per heavy atom. The van der Waals surface area contributed by atoms with Crippen LogP contribution in [0, 0.1) is 71.7 Å². The number of para-hydroxylation sites is 1. The average molecular weight is 2470 g/mol. The third-order valence-electron chi connectivity index (χ3n) is 23.8. The van der Waals surface area contributed by atoms with Crippen LogP contribution in [0.25, 0.3) is 144 Å². The number of rotatable bonds is 21. The number of methoxy groups -OCH3 is 1. The molecule has 0 spiro atoms. The van der Waals surface area contributed by atoms with Gasteiger partial charge in [0.05, 0.1) is 30.5 Å². The molecular formula is C121H122Ir3N4O4Pt-4. The molecule has 1 N–H and O–H groups in total. The molecule has 691 valence electrons. The SMILES string of the molecule is CC(=O)C=C(C)O.CCC(C)c1[c-]c(-c2nccc3cc(-c4ccccc4)ccc23)cc(C(C)(C)C)c1.CCCCc1c[c-]c(-c2cc(-c3c(C)cc(C)cc3C)c3ccc(CC)cc3n2)cc1.CCCOc1[c-]c(-c2cc(-c3ccc4ccccc4c3)c3ccccc3n2)ccc1.COc1ccc2c(-c3[c-]cc(-c4c(C)cc(C)cc4C)cc3)ncc(CC(C)C)c2c1.[Ir].[Ir].[Ir].[Pt]. The van der Waals surface area contributed by atoms with Crippen LogP contribution in [0.1, 0.15) is 176 Å². The van der Waals surface area contributed by atoms with Crippen molar-refractivity contribution in [2.75, 3.05) is 13.7 Å². The normalized spacial score (nSPS) is 11.3. The summed E-state index contributed by atoms with van der Waals surface area (Å²) in [7, 11) is 1.72. The maximum Gasteiger partial charge on any atom is 0.155 e. The Labute approximate surface area is 845 Å². The predicted molar refractivity (Wildman–Crippen MR) is 545 cm³/mol. The number of nitrogens with zero attached hydrogens (tertiary/aromatic N) is 4. The molecule has 1 atom stereocenters. The summed E-state index contributed by atoms with van der Waals surface area (Å²) in [5.41, 5.74) is 34.4. The first kappa shape index (κ1) is 106. The van der Waals surface area contributed by atoms with Gasteiger partial charge in [0.15, 0.2) is 5.78 Å². The number of aliphatic hydroxyl groups is 1. The standard InChI is InChI=1S/C30H32N.C29H30NO.C29H30N.C28H22NO.C5H8O2.3Ir.Pt/c1-6-8-9-24-10-13-25(14-11-24)28-19-27(30-21(4)16-20(3)17-22(30)5)26-15-12-23(7-2)18-29(26)31-28;1-18(2)13-24-17-30-29(26-12-11-25(31-6)16-27(24)26)23-9-7-22(8-10-23)28-20(4)14-19(3)15-21(28)5;1-6-20(2)24-17-25(19-26(18-24)29(3,4)5)28-27-13-12-22(16-23(27)14-15-30-28)21-10-8-7-9-11-21;1-2-16-30-24-11-7-10-23(18-24)28-19-26(25-12-5-6-13-27(25)29-28)22-15-14-20-8-3-4-9-21(20)17-22;1-4(6)3-5(2)7;;;;/h10-13,15-19H,6-9H2,1-5H3;7-9,11-12,14-18H,13H2,1-6H3;7-16,18-20H,6H2,1-5H3;3-15,17,19H,2,16H2,1H3;3,6H,1-2H3;;;;/q4*-1;;;;;. The van der Waals surface area contributed by atoms with E-state index in [-0.39, 0.29) is 98.3 Å². The Hall–Kier alpha value is -10.8. The van der Waals surface area contributed by atoms with Gasteiger partial charge < -0.3 is 24.5 Å². The van der Waals surface area contributed by atoms with Crippen molar-refractivity contribution < 1.29 is 101 Å². The van der Waals surface area contributed by atoms with E-state index in [0.29, 0.717) is 18.4 Å². The summed E-state index contributed by atoms with van der Waals surface area (Å²) in [6, 6.07) is 107. The number of carbonyl (C=O) groups excluding carboxylic acids is 1. The number of aryl methyl sites for hydroxylation is 8. The Morgan fingerprint density at radius 2 is 1.10 bits per heavy atom. The van der Waals surface area contributed by atoms with E-state index in [1.165, 1.54) is 171 Å². The van der Waals surface area contributed by atoms with Gasteiger partial charge in [0.25, 0.3) is 0 Å². The van der Waals surface area contributed by atoms with E-state index in [0.717, 1.165) is 110 Å². The van der Waals surface area contributed by atoms with Gasteiger partial charge in [-0.1, -0.05) is 286 Å². The van der Waals surface area contributed by atoms with Crippen LogP contribution >= 0.6 is 0 Å². The van der Waals surface area contributed by atoms with Crippen molar-refractivity contribution in [3.05, 3.63) is 371 Å². The molecule has 133 heavy (non-hydrogen) atoms. The molecule has 0 aliphatic heterocycles. The second-order valence-electron chi connectivity index (χ2n) is 35.7. The molecule has 0 bridgehead atoms. The zero-order chi connectivity index (χ0) is 91.6. The van der Waals surface area contributed by atoms with Crippen molar-refractivity contribution in [2.45, 2.75) is 181 Å². The first-order valence-corrected chi connectivity index (χ1v) is 45.7. The number of fused-ring (bicyclic) bond motifs is 5. The number of hydrogen-bond acceptors (Lipinski definition) is 8. The number of aromatic nitrogens is 4. The zero-order valence-electron chi connectivity index (χ0n) is 80.1. The second-order valence-corrected chi connectivity index (χ2v) is 35.7. The molecule has 12 heteroatoms. The molecule has 1 unspecified atom stereocenters. The van der Waals surface area contributed by atoms with E-state index in [4.69, 9.17) is 34.5 Å². The maximum atomic E-state index is 10.0. The van der Waals surface area contributed by atoms with Gasteiger partial charge in [-0.2, -0.15) is 0 Å². The molecule has 0 saturated carbocycles. The molecular weight excluding hydrogens is 2350 g/mol. The Kier molecular flexibility index (Phi) is 39.4. The summed E-state index contributed by atoms with van der Waals surface area (Å²) in [6.45, 7) is 39.0. The van der Waals surface area contributed by atoms with Crippen molar-refractivity contribution >= 4 is 59.9 Å². The molecule has 0 saturated heterocycles. The average Bonchev–Trinajstić information content (AvgIpc) is 0.756. The molecule has 17 rings (SSSR count). The van der Waals surface area contributed by atoms with Gasteiger partial charge in [0, 0.05) is 116 Å². The summed E-state index contributed by atoms with van der Waals surface area (Å²) < 4.78 is 11.3. The van der Waals surface area contributed by atoms with Crippen molar-refractivity contribution in [2.24, 2.45) is 5.92 Å². The topological polar surface area (TPSA) is 107 Å². The fraction of sp³-hybridized carbons (Fsp3) is 0.248. The number of ketones is 1. The van der Waals surface area contributed by atoms with Crippen LogP contribution in [0.2, 0.25) is 0 Å².